The Morgan fingerprint density at radius 1 is 1.03 bits per heavy atom. The Labute approximate surface area is 175 Å². The van der Waals surface area contributed by atoms with Crippen LogP contribution in [-0.2, 0) is 14.8 Å². The zero-order chi connectivity index (χ0) is 21.0. The van der Waals surface area contributed by atoms with Crippen molar-refractivity contribution in [3.05, 3.63) is 66.5 Å². The minimum atomic E-state index is -3.70. The van der Waals surface area contributed by atoms with Gasteiger partial charge in [-0.25, -0.2) is 13.1 Å². The van der Waals surface area contributed by atoms with Gasteiger partial charge in [0.1, 0.15) is 0 Å². The van der Waals surface area contributed by atoms with Crippen molar-refractivity contribution in [3.63, 3.8) is 0 Å². The van der Waals surface area contributed by atoms with Crippen LogP contribution in [0, 0.1) is 0 Å². The molecule has 0 radical (unpaired) electrons. The molecule has 1 saturated heterocycles. The number of amides is 1. The molecule has 30 heavy (non-hydrogen) atoms. The number of likely N-dealkylation sites (tertiary alicyclic amines) is 1. The molecule has 1 aliphatic rings. The molecule has 8 nitrogen and oxygen atoms in total. The summed E-state index contributed by atoms with van der Waals surface area (Å²) in [6.07, 6.45) is 1.40. The van der Waals surface area contributed by atoms with Crippen molar-refractivity contribution in [2.75, 3.05) is 19.6 Å². The van der Waals surface area contributed by atoms with Gasteiger partial charge >= 0.3 is 0 Å². The van der Waals surface area contributed by atoms with Gasteiger partial charge < -0.3 is 9.42 Å². The minimum absolute atomic E-state index is 0.108. The van der Waals surface area contributed by atoms with E-state index in [9.17, 15) is 13.2 Å². The second-order valence-corrected chi connectivity index (χ2v) is 8.88. The molecule has 0 unspecified atom stereocenters. The number of carbonyl (C=O) groups excluding carboxylic acids is 1. The normalized spacial score (nSPS) is 15.3. The van der Waals surface area contributed by atoms with Crippen LogP contribution in [0.4, 0.5) is 0 Å². The first-order chi connectivity index (χ1) is 14.5. The molecule has 0 atom stereocenters. The fraction of sp³-hybridized carbons (Fsp3) is 0.286. The second kappa shape index (κ2) is 8.76. The van der Waals surface area contributed by atoms with Gasteiger partial charge in [0, 0.05) is 24.6 Å². The molecule has 1 N–H and O–H groups in total. The average molecular weight is 426 g/mol. The molecule has 1 fully saturated rings. The number of sulfonamides is 1. The highest BCUT2D eigenvalue weighted by Crippen LogP contribution is 2.28. The van der Waals surface area contributed by atoms with Gasteiger partial charge in [0.05, 0.1) is 11.4 Å². The van der Waals surface area contributed by atoms with E-state index < -0.39 is 10.0 Å². The van der Waals surface area contributed by atoms with Crippen molar-refractivity contribution in [1.29, 1.82) is 0 Å². The zero-order valence-corrected chi connectivity index (χ0v) is 17.1. The SMILES string of the molecule is O=C(CNS(=O)(=O)c1ccccc1)N1CCC(c2noc(-c3ccccc3)n2)CC1. The van der Waals surface area contributed by atoms with E-state index in [1.165, 1.54) is 12.1 Å². The molecule has 0 spiro atoms. The Balaban J connectivity index is 1.30. The lowest BCUT2D eigenvalue weighted by Crippen LogP contribution is -2.43. The van der Waals surface area contributed by atoms with E-state index in [1.807, 2.05) is 30.3 Å². The molecule has 4 rings (SSSR count). The number of carbonyl (C=O) groups is 1. The molecule has 156 valence electrons. The molecule has 1 amide bonds. The number of piperidine rings is 1. The summed E-state index contributed by atoms with van der Waals surface area (Å²) in [7, 11) is -3.70. The van der Waals surface area contributed by atoms with Crippen molar-refractivity contribution in [1.82, 2.24) is 19.8 Å². The van der Waals surface area contributed by atoms with Gasteiger partial charge in [0.15, 0.2) is 5.82 Å². The first-order valence-electron chi connectivity index (χ1n) is 9.74. The van der Waals surface area contributed by atoms with Crippen LogP contribution in [0.2, 0.25) is 0 Å². The van der Waals surface area contributed by atoms with Crippen LogP contribution >= 0.6 is 0 Å². The fourth-order valence-electron chi connectivity index (χ4n) is 3.44. The summed E-state index contributed by atoms with van der Waals surface area (Å²) < 4.78 is 32.3. The van der Waals surface area contributed by atoms with Crippen LogP contribution in [0.1, 0.15) is 24.6 Å². The van der Waals surface area contributed by atoms with Crippen molar-refractivity contribution in [2.45, 2.75) is 23.7 Å². The number of rotatable bonds is 6. The van der Waals surface area contributed by atoms with Gasteiger partial charge in [-0.2, -0.15) is 4.98 Å². The van der Waals surface area contributed by atoms with Crippen molar-refractivity contribution < 1.29 is 17.7 Å². The molecule has 1 aliphatic heterocycles. The van der Waals surface area contributed by atoms with Crippen LogP contribution < -0.4 is 4.72 Å². The van der Waals surface area contributed by atoms with Crippen molar-refractivity contribution in [3.8, 4) is 11.5 Å². The van der Waals surface area contributed by atoms with Crippen LogP contribution in [0.25, 0.3) is 11.5 Å². The predicted molar refractivity (Wildman–Crippen MR) is 110 cm³/mol. The first kappa shape index (κ1) is 20.2. The van der Waals surface area contributed by atoms with Crippen LogP contribution in [0.3, 0.4) is 0 Å². The highest BCUT2D eigenvalue weighted by molar-refractivity contribution is 7.89. The number of benzene rings is 2. The predicted octanol–water partition coefficient (Wildman–Crippen LogP) is 2.42. The lowest BCUT2D eigenvalue weighted by Gasteiger charge is -2.30. The molecular weight excluding hydrogens is 404 g/mol. The van der Waals surface area contributed by atoms with Crippen LogP contribution in [-0.4, -0.2) is 49.0 Å². The molecule has 0 bridgehead atoms. The van der Waals surface area contributed by atoms with Gasteiger partial charge in [0.2, 0.25) is 15.9 Å². The summed E-state index contributed by atoms with van der Waals surface area (Å²) in [5.74, 6) is 0.993. The number of aromatic nitrogens is 2. The van der Waals surface area contributed by atoms with Crippen molar-refractivity contribution in [2.24, 2.45) is 0 Å². The van der Waals surface area contributed by atoms with E-state index in [2.05, 4.69) is 14.9 Å². The minimum Gasteiger partial charge on any atom is -0.342 e. The summed E-state index contributed by atoms with van der Waals surface area (Å²) in [4.78, 5) is 18.8. The lowest BCUT2D eigenvalue weighted by atomic mass is 9.96. The molecular formula is C21H22N4O4S. The van der Waals surface area contributed by atoms with Gasteiger partial charge in [-0.3, -0.25) is 4.79 Å². The van der Waals surface area contributed by atoms with Gasteiger partial charge in [-0.1, -0.05) is 41.6 Å². The third-order valence-corrected chi connectivity index (χ3v) is 6.56. The molecule has 3 aromatic rings. The molecule has 0 saturated carbocycles. The summed E-state index contributed by atoms with van der Waals surface area (Å²) >= 11 is 0. The number of nitrogens with one attached hydrogen (secondary N) is 1. The lowest BCUT2D eigenvalue weighted by molar-refractivity contribution is -0.131. The zero-order valence-electron chi connectivity index (χ0n) is 16.3. The van der Waals surface area contributed by atoms with E-state index in [4.69, 9.17) is 4.52 Å². The highest BCUT2D eigenvalue weighted by atomic mass is 32.2. The maximum absolute atomic E-state index is 12.5. The number of hydrogen-bond acceptors (Lipinski definition) is 6. The van der Waals surface area contributed by atoms with Gasteiger partial charge in [0.25, 0.3) is 5.89 Å². The number of nitrogens with zero attached hydrogens (tertiary/aromatic N) is 3. The smallest absolute Gasteiger partial charge is 0.257 e. The Bertz CT molecular complexity index is 1090. The van der Waals surface area contributed by atoms with Crippen LogP contribution in [0.15, 0.2) is 70.1 Å². The summed E-state index contributed by atoms with van der Waals surface area (Å²) in [6.45, 7) is 0.778. The Hall–Kier alpha value is -3.04. The molecule has 9 heteroatoms. The first-order valence-corrected chi connectivity index (χ1v) is 11.2. The van der Waals surface area contributed by atoms with Crippen molar-refractivity contribution >= 4 is 15.9 Å². The van der Waals surface area contributed by atoms with Gasteiger partial charge in [-0.05, 0) is 37.1 Å². The second-order valence-electron chi connectivity index (χ2n) is 7.12. The largest absolute Gasteiger partial charge is 0.342 e. The molecule has 0 aliphatic carbocycles. The highest BCUT2D eigenvalue weighted by Gasteiger charge is 2.27. The number of hydrogen-bond donors (Lipinski definition) is 1. The van der Waals surface area contributed by atoms with E-state index in [-0.39, 0.29) is 23.3 Å². The molecule has 2 heterocycles. The Morgan fingerprint density at radius 3 is 2.33 bits per heavy atom. The summed E-state index contributed by atoms with van der Waals surface area (Å²) in [5, 5.41) is 4.11. The third kappa shape index (κ3) is 4.58. The molecule has 2 aromatic carbocycles. The Kier molecular flexibility index (Phi) is 5.91. The van der Waals surface area contributed by atoms with Crippen LogP contribution in [0.5, 0.6) is 0 Å². The van der Waals surface area contributed by atoms with E-state index in [1.54, 1.807) is 23.1 Å². The maximum atomic E-state index is 12.5. The monoisotopic (exact) mass is 426 g/mol. The van der Waals surface area contributed by atoms with E-state index in [0.717, 1.165) is 5.56 Å². The fourth-order valence-corrected chi connectivity index (χ4v) is 4.43. The third-order valence-electron chi connectivity index (χ3n) is 5.14. The average Bonchev–Trinajstić information content (AvgIpc) is 3.29. The standard InChI is InChI=1S/C21H22N4O4S/c26-19(15-22-30(27,28)18-9-5-2-6-10-18)25-13-11-16(12-14-25)20-23-21(29-24-20)17-7-3-1-4-8-17/h1-10,16,22H,11-15H2. The summed E-state index contributed by atoms with van der Waals surface area (Å²) in [5.41, 5.74) is 0.870. The van der Waals surface area contributed by atoms with E-state index in [0.29, 0.717) is 37.6 Å². The quantitative estimate of drug-likeness (QED) is 0.649. The van der Waals surface area contributed by atoms with E-state index >= 15 is 0 Å². The topological polar surface area (TPSA) is 105 Å². The van der Waals surface area contributed by atoms with Gasteiger partial charge in [-0.15, -0.1) is 0 Å². The maximum Gasteiger partial charge on any atom is 0.257 e. The molecule has 1 aromatic heterocycles. The summed E-state index contributed by atoms with van der Waals surface area (Å²) in [6, 6.07) is 17.6. The Morgan fingerprint density at radius 2 is 1.67 bits per heavy atom.